The molecule has 1 aromatic heterocycles. The summed E-state index contributed by atoms with van der Waals surface area (Å²) < 4.78 is 53.9. The summed E-state index contributed by atoms with van der Waals surface area (Å²) >= 11 is 0. The number of sulfonamides is 1. The average Bonchev–Trinajstić information content (AvgIpc) is 2.63. The molecule has 1 aliphatic rings. The molecule has 0 radical (unpaired) electrons. The van der Waals surface area contributed by atoms with E-state index in [9.17, 15) is 26.8 Å². The number of carbonyl (C=O) groups excluding carboxylic acids is 2. The van der Waals surface area contributed by atoms with Crippen LogP contribution in [0.5, 0.6) is 0 Å². The molecule has 0 saturated heterocycles. The number of aromatic nitrogens is 1. The highest BCUT2D eigenvalue weighted by atomic mass is 32.2. The first-order valence-electron chi connectivity index (χ1n) is 8.53. The molecule has 3 rings (SSSR count). The molecule has 0 spiro atoms. The molecule has 0 bridgehead atoms. The van der Waals surface area contributed by atoms with Gasteiger partial charge < -0.3 is 10.6 Å². The van der Waals surface area contributed by atoms with Crippen molar-refractivity contribution in [1.82, 2.24) is 14.6 Å². The number of nitrogens with one attached hydrogen (secondary N) is 2. The molecule has 1 aromatic carbocycles. The SMILES string of the molecule is Cc1cc(F)c2c(c1)NC(=O)N(CC(=O)N[C@H](C)c1ncc(C#N)cc1F)S2(=O)=O.[HH].[HH]. The number of nitrogens with zero attached hydrogens (tertiary/aromatic N) is 3. The molecule has 0 unspecified atom stereocenters. The highest BCUT2D eigenvalue weighted by molar-refractivity contribution is 7.90. The second-order valence-corrected chi connectivity index (χ2v) is 8.36. The lowest BCUT2D eigenvalue weighted by Crippen LogP contribution is -2.49. The van der Waals surface area contributed by atoms with Gasteiger partial charge in [0, 0.05) is 9.05 Å². The van der Waals surface area contributed by atoms with Crippen LogP contribution in [0.2, 0.25) is 0 Å². The van der Waals surface area contributed by atoms with E-state index in [0.717, 1.165) is 18.3 Å². The Balaban J connectivity index is 0.00000256. The van der Waals surface area contributed by atoms with Crippen LogP contribution in [0.1, 0.15) is 32.6 Å². The summed E-state index contributed by atoms with van der Waals surface area (Å²) in [5, 5.41) is 13.3. The highest BCUT2D eigenvalue weighted by Crippen LogP contribution is 2.33. The van der Waals surface area contributed by atoms with E-state index in [0.29, 0.717) is 5.56 Å². The van der Waals surface area contributed by atoms with Crippen molar-refractivity contribution in [2.45, 2.75) is 24.8 Å². The largest absolute Gasteiger partial charge is 0.346 e. The standard InChI is InChI=1S/C18H15F2N5O4S.2H2/c1-9-3-13(20)17-14(4-9)24-18(27)25(30(17,28)29)8-15(26)23-10(2)16-12(19)5-11(6-21)7-22-16;;/h3-5,7,10H,8H2,1-2H3,(H,23,26)(H,24,27);2*1H/t10-;;/m1../s1. The molecule has 0 aliphatic carbocycles. The Morgan fingerprint density at radius 1 is 1.37 bits per heavy atom. The van der Waals surface area contributed by atoms with Gasteiger partial charge in [0.1, 0.15) is 29.1 Å². The van der Waals surface area contributed by atoms with E-state index in [2.05, 4.69) is 15.6 Å². The predicted molar refractivity (Wildman–Crippen MR) is 104 cm³/mol. The van der Waals surface area contributed by atoms with Gasteiger partial charge in [-0.25, -0.2) is 26.3 Å². The number of nitriles is 1. The highest BCUT2D eigenvalue weighted by Gasteiger charge is 2.40. The summed E-state index contributed by atoms with van der Waals surface area (Å²) in [6, 6.07) is 2.83. The number of benzene rings is 1. The van der Waals surface area contributed by atoms with Gasteiger partial charge in [0.25, 0.3) is 10.0 Å². The quantitative estimate of drug-likeness (QED) is 0.752. The van der Waals surface area contributed by atoms with Crippen molar-refractivity contribution >= 4 is 27.6 Å². The molecule has 9 nitrogen and oxygen atoms in total. The van der Waals surface area contributed by atoms with Gasteiger partial charge >= 0.3 is 6.03 Å². The molecule has 30 heavy (non-hydrogen) atoms. The zero-order valence-electron chi connectivity index (χ0n) is 15.7. The maximum absolute atomic E-state index is 14.3. The predicted octanol–water partition coefficient (Wildman–Crippen LogP) is 2.45. The van der Waals surface area contributed by atoms with Crippen LogP contribution in [0.4, 0.5) is 19.3 Å². The summed E-state index contributed by atoms with van der Waals surface area (Å²) in [7, 11) is -4.63. The van der Waals surface area contributed by atoms with E-state index in [1.165, 1.54) is 19.9 Å². The number of amides is 3. The molecule has 2 N–H and O–H groups in total. The van der Waals surface area contributed by atoms with Crippen molar-refractivity contribution in [1.29, 1.82) is 5.26 Å². The fourth-order valence-electron chi connectivity index (χ4n) is 2.95. The molecule has 2 heterocycles. The molecule has 1 atom stereocenters. The third kappa shape index (κ3) is 3.79. The molecular weight excluding hydrogens is 420 g/mol. The minimum Gasteiger partial charge on any atom is -0.346 e. The third-order valence-corrected chi connectivity index (χ3v) is 6.08. The number of rotatable bonds is 4. The first-order valence-corrected chi connectivity index (χ1v) is 9.97. The first kappa shape index (κ1) is 21.1. The van der Waals surface area contributed by atoms with Crippen molar-refractivity contribution in [2.24, 2.45) is 0 Å². The second-order valence-electron chi connectivity index (χ2n) is 6.56. The fourth-order valence-corrected chi connectivity index (χ4v) is 4.42. The smallest absolute Gasteiger partial charge is 0.336 e. The lowest BCUT2D eigenvalue weighted by molar-refractivity contribution is -0.121. The van der Waals surface area contributed by atoms with Gasteiger partial charge in [0.05, 0.1) is 23.0 Å². The topological polar surface area (TPSA) is 132 Å². The second kappa shape index (κ2) is 7.68. The minimum atomic E-state index is -4.63. The van der Waals surface area contributed by atoms with Gasteiger partial charge in [0.15, 0.2) is 0 Å². The van der Waals surface area contributed by atoms with Gasteiger partial charge in [-0.1, -0.05) is 0 Å². The van der Waals surface area contributed by atoms with Crippen LogP contribution in [0, 0.1) is 29.9 Å². The minimum absolute atomic E-state index is 0. The van der Waals surface area contributed by atoms with Gasteiger partial charge in [-0.2, -0.15) is 5.26 Å². The zero-order valence-corrected chi connectivity index (χ0v) is 16.5. The molecule has 160 valence electrons. The van der Waals surface area contributed by atoms with Crippen LogP contribution < -0.4 is 10.6 Å². The molecule has 2 aromatic rings. The van der Waals surface area contributed by atoms with Crippen LogP contribution in [0.15, 0.2) is 29.3 Å². The number of carbonyl (C=O) groups is 2. The number of fused-ring (bicyclic) bond motifs is 1. The van der Waals surface area contributed by atoms with Crippen LogP contribution in [0.25, 0.3) is 0 Å². The average molecular weight is 439 g/mol. The lowest BCUT2D eigenvalue weighted by Gasteiger charge is -2.29. The summed E-state index contributed by atoms with van der Waals surface area (Å²) in [5.41, 5.74) is -0.00737. The number of urea groups is 1. The number of anilines is 1. The summed E-state index contributed by atoms with van der Waals surface area (Å²) in [6.45, 7) is 1.96. The van der Waals surface area contributed by atoms with Crippen molar-refractivity contribution in [3.63, 3.8) is 0 Å². The van der Waals surface area contributed by atoms with Crippen molar-refractivity contribution in [3.05, 3.63) is 52.9 Å². The number of hydrogen-bond acceptors (Lipinski definition) is 6. The van der Waals surface area contributed by atoms with E-state index in [1.807, 2.05) is 0 Å². The summed E-state index contributed by atoms with van der Waals surface area (Å²) in [4.78, 5) is 27.6. The lowest BCUT2D eigenvalue weighted by atomic mass is 10.1. The van der Waals surface area contributed by atoms with E-state index in [-0.39, 0.29) is 24.1 Å². The Hall–Kier alpha value is -3.59. The van der Waals surface area contributed by atoms with Crippen LogP contribution in [-0.2, 0) is 14.8 Å². The Labute approximate surface area is 173 Å². The van der Waals surface area contributed by atoms with Crippen molar-refractivity contribution in [2.75, 3.05) is 11.9 Å². The van der Waals surface area contributed by atoms with Crippen LogP contribution in [-0.4, -0.2) is 36.2 Å². The van der Waals surface area contributed by atoms with Gasteiger partial charge in [0.2, 0.25) is 5.91 Å². The maximum Gasteiger partial charge on any atom is 0.336 e. The number of halogens is 2. The molecule has 12 heteroatoms. The molecule has 0 fully saturated rings. The molecule has 1 aliphatic heterocycles. The van der Waals surface area contributed by atoms with E-state index >= 15 is 0 Å². The molecular formula is C18H19F2N5O4S. The van der Waals surface area contributed by atoms with Crippen LogP contribution in [0.3, 0.4) is 0 Å². The Morgan fingerprint density at radius 2 is 2.07 bits per heavy atom. The van der Waals surface area contributed by atoms with E-state index in [4.69, 9.17) is 5.26 Å². The van der Waals surface area contributed by atoms with Crippen molar-refractivity contribution < 1.29 is 29.6 Å². The maximum atomic E-state index is 14.3. The number of hydrogen-bond donors (Lipinski definition) is 2. The number of pyridine rings is 1. The van der Waals surface area contributed by atoms with E-state index < -0.39 is 51.1 Å². The van der Waals surface area contributed by atoms with Gasteiger partial charge in [-0.05, 0) is 37.6 Å². The Bertz CT molecular complexity index is 1220. The number of aryl methyl sites for hydroxylation is 1. The monoisotopic (exact) mass is 439 g/mol. The summed E-state index contributed by atoms with van der Waals surface area (Å²) in [6.07, 6.45) is 1.12. The van der Waals surface area contributed by atoms with Crippen LogP contribution >= 0.6 is 0 Å². The summed E-state index contributed by atoms with van der Waals surface area (Å²) in [5.74, 6) is -2.84. The Kier molecular flexibility index (Phi) is 5.41. The first-order chi connectivity index (χ1) is 14.0. The van der Waals surface area contributed by atoms with E-state index in [1.54, 1.807) is 6.07 Å². The van der Waals surface area contributed by atoms with Gasteiger partial charge in [-0.3, -0.25) is 9.78 Å². The molecule has 0 saturated carbocycles. The normalized spacial score (nSPS) is 15.6. The third-order valence-electron chi connectivity index (χ3n) is 4.28. The zero-order chi connectivity index (χ0) is 22.2. The fraction of sp³-hybridized carbons (Fsp3) is 0.222. The van der Waals surface area contributed by atoms with Gasteiger partial charge in [-0.15, -0.1) is 0 Å². The van der Waals surface area contributed by atoms with Crippen molar-refractivity contribution in [3.8, 4) is 6.07 Å². The Morgan fingerprint density at radius 3 is 2.70 bits per heavy atom. The molecule has 3 amide bonds.